The van der Waals surface area contributed by atoms with Crippen molar-refractivity contribution in [3.05, 3.63) is 70.8 Å². The molecule has 0 fully saturated rings. The van der Waals surface area contributed by atoms with Crippen LogP contribution in [-0.4, -0.2) is 11.7 Å². The molecule has 1 atom stereocenters. The van der Waals surface area contributed by atoms with E-state index in [2.05, 4.69) is 60.8 Å². The normalized spacial score (nSPS) is 20.9. The lowest BCUT2D eigenvalue weighted by atomic mass is 9.92. The Morgan fingerprint density at radius 2 is 1.85 bits per heavy atom. The molecular formula is C18H21NO. The summed E-state index contributed by atoms with van der Waals surface area (Å²) in [4.78, 5) is 0. The van der Waals surface area contributed by atoms with Crippen molar-refractivity contribution in [3.63, 3.8) is 0 Å². The van der Waals surface area contributed by atoms with Crippen LogP contribution in [0.1, 0.15) is 28.7 Å². The molecule has 0 aliphatic heterocycles. The van der Waals surface area contributed by atoms with E-state index in [1.165, 1.54) is 22.3 Å². The number of nitrogens with one attached hydrogen (secondary N) is 1. The largest absolute Gasteiger partial charge is 0.394 e. The van der Waals surface area contributed by atoms with Crippen molar-refractivity contribution in [2.24, 2.45) is 0 Å². The molecule has 0 saturated carbocycles. The van der Waals surface area contributed by atoms with Crippen LogP contribution in [0, 0.1) is 6.92 Å². The van der Waals surface area contributed by atoms with Crippen LogP contribution in [0.4, 0.5) is 0 Å². The fourth-order valence-electron chi connectivity index (χ4n) is 3.16. The van der Waals surface area contributed by atoms with Crippen molar-refractivity contribution in [1.29, 1.82) is 0 Å². The molecule has 1 unspecified atom stereocenters. The van der Waals surface area contributed by atoms with Crippen LogP contribution in [0.5, 0.6) is 0 Å². The monoisotopic (exact) mass is 267 g/mol. The van der Waals surface area contributed by atoms with Gasteiger partial charge in [-0.15, -0.1) is 0 Å². The van der Waals surface area contributed by atoms with Crippen LogP contribution in [0.25, 0.3) is 0 Å². The van der Waals surface area contributed by atoms with Crippen molar-refractivity contribution >= 4 is 0 Å². The summed E-state index contributed by atoms with van der Waals surface area (Å²) in [6.07, 6.45) is 2.01. The Bertz CT molecular complexity index is 608. The Labute approximate surface area is 120 Å². The lowest BCUT2D eigenvalue weighted by molar-refractivity contribution is 0.159. The molecule has 1 aliphatic carbocycles. The summed E-state index contributed by atoms with van der Waals surface area (Å²) in [6.45, 7) is 3.07. The first kappa shape index (κ1) is 13.3. The first-order chi connectivity index (χ1) is 9.75. The van der Waals surface area contributed by atoms with Gasteiger partial charge in [0.2, 0.25) is 0 Å². The highest BCUT2D eigenvalue weighted by Gasteiger charge is 2.37. The van der Waals surface area contributed by atoms with Crippen LogP contribution >= 0.6 is 0 Å². The summed E-state index contributed by atoms with van der Waals surface area (Å²) in [5.74, 6) is 0. The predicted octanol–water partition coefficient (Wildman–Crippen LogP) is 2.92. The molecule has 2 heteroatoms. The lowest BCUT2D eigenvalue weighted by Gasteiger charge is -2.30. The smallest absolute Gasteiger partial charge is 0.0677 e. The first-order valence-electron chi connectivity index (χ1n) is 7.24. The molecule has 2 aromatic carbocycles. The third-order valence-corrected chi connectivity index (χ3v) is 4.50. The van der Waals surface area contributed by atoms with E-state index in [0.717, 1.165) is 19.4 Å². The number of benzene rings is 2. The SMILES string of the molecule is Cc1ccccc1CNC1(CO)CCc2ccccc21. The van der Waals surface area contributed by atoms with Gasteiger partial charge in [-0.25, -0.2) is 0 Å². The summed E-state index contributed by atoms with van der Waals surface area (Å²) in [5.41, 5.74) is 4.93. The number of hydrogen-bond donors (Lipinski definition) is 2. The lowest BCUT2D eigenvalue weighted by Crippen LogP contribution is -2.43. The zero-order valence-corrected chi connectivity index (χ0v) is 11.9. The second-order valence-corrected chi connectivity index (χ2v) is 5.68. The molecule has 0 aromatic heterocycles. The third-order valence-electron chi connectivity index (χ3n) is 4.50. The molecule has 0 spiro atoms. The number of aliphatic hydroxyl groups excluding tert-OH is 1. The molecular weight excluding hydrogens is 246 g/mol. The van der Waals surface area contributed by atoms with Crippen LogP contribution in [-0.2, 0) is 18.5 Å². The summed E-state index contributed by atoms with van der Waals surface area (Å²) >= 11 is 0. The van der Waals surface area contributed by atoms with Gasteiger partial charge in [0.25, 0.3) is 0 Å². The van der Waals surface area contributed by atoms with Gasteiger partial charge in [0.05, 0.1) is 12.1 Å². The van der Waals surface area contributed by atoms with E-state index in [0.29, 0.717) is 0 Å². The Kier molecular flexibility index (Phi) is 3.60. The van der Waals surface area contributed by atoms with Crippen molar-refractivity contribution in [2.45, 2.75) is 31.8 Å². The second-order valence-electron chi connectivity index (χ2n) is 5.68. The number of aliphatic hydroxyl groups is 1. The van der Waals surface area contributed by atoms with Gasteiger partial charge < -0.3 is 10.4 Å². The molecule has 0 bridgehead atoms. The average Bonchev–Trinajstić information content (AvgIpc) is 2.86. The van der Waals surface area contributed by atoms with Gasteiger partial charge in [0.15, 0.2) is 0 Å². The Balaban J connectivity index is 1.84. The van der Waals surface area contributed by atoms with Crippen LogP contribution in [0.15, 0.2) is 48.5 Å². The van der Waals surface area contributed by atoms with E-state index >= 15 is 0 Å². The van der Waals surface area contributed by atoms with Gasteiger partial charge >= 0.3 is 0 Å². The van der Waals surface area contributed by atoms with Gasteiger partial charge in [0.1, 0.15) is 0 Å². The van der Waals surface area contributed by atoms with Crippen molar-refractivity contribution < 1.29 is 5.11 Å². The summed E-state index contributed by atoms with van der Waals surface area (Å²) in [5, 5.41) is 13.6. The van der Waals surface area contributed by atoms with Crippen molar-refractivity contribution in [2.75, 3.05) is 6.61 Å². The van der Waals surface area contributed by atoms with E-state index in [1.54, 1.807) is 0 Å². The third kappa shape index (κ3) is 2.26. The van der Waals surface area contributed by atoms with Gasteiger partial charge in [-0.05, 0) is 42.0 Å². The fourth-order valence-corrected chi connectivity index (χ4v) is 3.16. The number of hydrogen-bond acceptors (Lipinski definition) is 2. The van der Waals surface area contributed by atoms with E-state index in [4.69, 9.17) is 0 Å². The van der Waals surface area contributed by atoms with Crippen LogP contribution < -0.4 is 5.32 Å². The van der Waals surface area contributed by atoms with Gasteiger partial charge in [-0.2, -0.15) is 0 Å². The topological polar surface area (TPSA) is 32.3 Å². The maximum absolute atomic E-state index is 9.95. The molecule has 0 saturated heterocycles. The van der Waals surface area contributed by atoms with Crippen molar-refractivity contribution in [1.82, 2.24) is 5.32 Å². The maximum Gasteiger partial charge on any atom is 0.0677 e. The van der Waals surface area contributed by atoms with E-state index < -0.39 is 0 Å². The molecule has 1 aliphatic rings. The van der Waals surface area contributed by atoms with Gasteiger partial charge in [-0.3, -0.25) is 0 Å². The molecule has 0 radical (unpaired) electrons. The fraction of sp³-hybridized carbons (Fsp3) is 0.333. The highest BCUT2D eigenvalue weighted by molar-refractivity contribution is 5.39. The standard InChI is InChI=1S/C18H21NO/c1-14-6-2-3-8-16(14)12-19-18(13-20)11-10-15-7-4-5-9-17(15)18/h2-9,19-20H,10-13H2,1H3. The molecule has 104 valence electrons. The molecule has 2 nitrogen and oxygen atoms in total. The molecule has 2 aromatic rings. The summed E-state index contributed by atoms with van der Waals surface area (Å²) < 4.78 is 0. The minimum absolute atomic E-state index is 0.149. The first-order valence-corrected chi connectivity index (χ1v) is 7.24. The Morgan fingerprint density at radius 1 is 1.10 bits per heavy atom. The van der Waals surface area contributed by atoms with Gasteiger partial charge in [0, 0.05) is 6.54 Å². The molecule has 2 N–H and O–H groups in total. The molecule has 0 heterocycles. The number of fused-ring (bicyclic) bond motifs is 1. The zero-order valence-electron chi connectivity index (χ0n) is 11.9. The number of aryl methyl sites for hydroxylation is 2. The van der Waals surface area contributed by atoms with Crippen LogP contribution in [0.3, 0.4) is 0 Å². The Morgan fingerprint density at radius 3 is 2.65 bits per heavy atom. The van der Waals surface area contributed by atoms with E-state index in [9.17, 15) is 5.11 Å². The second kappa shape index (κ2) is 5.39. The van der Waals surface area contributed by atoms with Crippen LogP contribution in [0.2, 0.25) is 0 Å². The zero-order chi connectivity index (χ0) is 14.0. The maximum atomic E-state index is 9.95. The highest BCUT2D eigenvalue weighted by Crippen LogP contribution is 2.36. The number of rotatable bonds is 4. The molecule has 3 rings (SSSR count). The quantitative estimate of drug-likeness (QED) is 0.892. The van der Waals surface area contributed by atoms with Gasteiger partial charge in [-0.1, -0.05) is 48.5 Å². The predicted molar refractivity (Wildman–Crippen MR) is 81.5 cm³/mol. The summed E-state index contributed by atoms with van der Waals surface area (Å²) in [6, 6.07) is 16.9. The molecule has 20 heavy (non-hydrogen) atoms. The van der Waals surface area contributed by atoms with E-state index in [1.807, 2.05) is 0 Å². The van der Waals surface area contributed by atoms with Crippen molar-refractivity contribution in [3.8, 4) is 0 Å². The average molecular weight is 267 g/mol. The molecule has 0 amide bonds. The minimum Gasteiger partial charge on any atom is -0.394 e. The van der Waals surface area contributed by atoms with E-state index in [-0.39, 0.29) is 12.1 Å². The Hall–Kier alpha value is -1.64. The highest BCUT2D eigenvalue weighted by atomic mass is 16.3. The summed E-state index contributed by atoms with van der Waals surface area (Å²) in [7, 11) is 0. The minimum atomic E-state index is -0.279.